The van der Waals surface area contributed by atoms with E-state index in [9.17, 15) is 0 Å². The Bertz CT molecular complexity index is 198. The van der Waals surface area contributed by atoms with Crippen molar-refractivity contribution in [2.45, 2.75) is 6.92 Å². The number of aromatic nitrogens is 1. The molecule has 0 amide bonds. The monoisotopic (exact) mass is 124 g/mol. The normalized spacial score (nSPS) is 9.11. The second-order valence-electron chi connectivity index (χ2n) is 1.92. The van der Waals surface area contributed by atoms with E-state index >= 15 is 0 Å². The number of aryl methyl sites for hydroxylation is 1. The van der Waals surface area contributed by atoms with Crippen molar-refractivity contribution in [1.29, 1.82) is 0 Å². The number of nitrogens with zero attached hydrogens (tertiary/aromatic N) is 1. The van der Waals surface area contributed by atoms with Crippen LogP contribution in [0, 0.1) is 6.92 Å². The molecular formula is C7H10NO+. The molecule has 1 heterocycles. The summed E-state index contributed by atoms with van der Waals surface area (Å²) in [7, 11) is 1.64. The van der Waals surface area contributed by atoms with Crippen LogP contribution in [0.5, 0.6) is 0 Å². The Morgan fingerprint density at radius 1 is 1.56 bits per heavy atom. The van der Waals surface area contributed by atoms with Gasteiger partial charge in [-0.3, -0.25) is 4.84 Å². The lowest BCUT2D eigenvalue weighted by molar-refractivity contribution is -0.885. The molecule has 9 heavy (non-hydrogen) atoms. The Morgan fingerprint density at radius 2 is 2.33 bits per heavy atom. The summed E-state index contributed by atoms with van der Waals surface area (Å²) in [6, 6.07) is 3.97. The molecule has 0 aliphatic rings. The number of pyridine rings is 1. The molecule has 48 valence electrons. The van der Waals surface area contributed by atoms with Crippen LogP contribution >= 0.6 is 0 Å². The van der Waals surface area contributed by atoms with Crippen molar-refractivity contribution in [3.63, 3.8) is 0 Å². The first-order valence-corrected chi connectivity index (χ1v) is 2.85. The van der Waals surface area contributed by atoms with Gasteiger partial charge < -0.3 is 0 Å². The molecule has 0 saturated carbocycles. The van der Waals surface area contributed by atoms with Crippen LogP contribution in [0.25, 0.3) is 0 Å². The smallest absolute Gasteiger partial charge is 0.225 e. The number of rotatable bonds is 1. The lowest BCUT2D eigenvalue weighted by atomic mass is 10.3. The minimum atomic E-state index is 1.19. The molecule has 0 aliphatic carbocycles. The minimum Gasteiger partial charge on any atom is -0.275 e. The molecule has 0 unspecified atom stereocenters. The van der Waals surface area contributed by atoms with Gasteiger partial charge in [0.1, 0.15) is 7.11 Å². The Balaban J connectivity index is 2.94. The van der Waals surface area contributed by atoms with Crippen LogP contribution in [0.2, 0.25) is 0 Å². The third kappa shape index (κ3) is 1.42. The van der Waals surface area contributed by atoms with Crippen molar-refractivity contribution in [1.82, 2.24) is 0 Å². The largest absolute Gasteiger partial charge is 0.275 e. The fraction of sp³-hybridized carbons (Fsp3) is 0.286. The average molecular weight is 124 g/mol. The zero-order valence-electron chi connectivity index (χ0n) is 5.66. The van der Waals surface area contributed by atoms with Gasteiger partial charge in [-0.2, -0.15) is 0 Å². The van der Waals surface area contributed by atoms with Crippen LogP contribution in [0.3, 0.4) is 0 Å². The number of hydrogen-bond donors (Lipinski definition) is 0. The van der Waals surface area contributed by atoms with E-state index in [0.29, 0.717) is 0 Å². The van der Waals surface area contributed by atoms with Gasteiger partial charge in [-0.05, 0) is 13.0 Å². The highest BCUT2D eigenvalue weighted by Gasteiger charge is 1.94. The topological polar surface area (TPSA) is 13.1 Å². The van der Waals surface area contributed by atoms with E-state index in [4.69, 9.17) is 4.84 Å². The zero-order valence-corrected chi connectivity index (χ0v) is 5.66. The molecule has 0 aliphatic heterocycles. The molecule has 0 atom stereocenters. The average Bonchev–Trinajstić information content (AvgIpc) is 1.88. The fourth-order valence-corrected chi connectivity index (χ4v) is 0.680. The summed E-state index contributed by atoms with van der Waals surface area (Å²) in [4.78, 5) is 4.91. The van der Waals surface area contributed by atoms with E-state index in [1.807, 2.05) is 31.5 Å². The predicted octanol–water partition coefficient (Wildman–Crippen LogP) is 0.341. The Kier molecular flexibility index (Phi) is 1.68. The van der Waals surface area contributed by atoms with Crippen LogP contribution in [-0.2, 0) is 0 Å². The lowest BCUT2D eigenvalue weighted by Gasteiger charge is -1.89. The molecule has 0 aromatic carbocycles. The van der Waals surface area contributed by atoms with E-state index in [2.05, 4.69) is 0 Å². The van der Waals surface area contributed by atoms with Crippen LogP contribution in [0.4, 0.5) is 0 Å². The summed E-state index contributed by atoms with van der Waals surface area (Å²) in [5.41, 5.74) is 1.19. The summed E-state index contributed by atoms with van der Waals surface area (Å²) in [6.07, 6.45) is 3.77. The number of hydrogen-bond acceptors (Lipinski definition) is 1. The second-order valence-corrected chi connectivity index (χ2v) is 1.92. The maximum atomic E-state index is 4.91. The molecule has 0 spiro atoms. The zero-order chi connectivity index (χ0) is 6.69. The molecule has 0 N–H and O–H groups in total. The van der Waals surface area contributed by atoms with Gasteiger partial charge >= 0.3 is 0 Å². The molecule has 1 rings (SSSR count). The van der Waals surface area contributed by atoms with Gasteiger partial charge in [-0.15, -0.1) is 0 Å². The van der Waals surface area contributed by atoms with E-state index in [1.54, 1.807) is 11.8 Å². The summed E-state index contributed by atoms with van der Waals surface area (Å²) in [6.45, 7) is 2.02. The third-order valence-electron chi connectivity index (χ3n) is 1.13. The van der Waals surface area contributed by atoms with Crippen molar-refractivity contribution in [2.75, 3.05) is 7.11 Å². The molecule has 0 radical (unpaired) electrons. The molecule has 2 heteroatoms. The van der Waals surface area contributed by atoms with Gasteiger partial charge in [0.05, 0.1) is 0 Å². The molecule has 0 bridgehead atoms. The maximum absolute atomic E-state index is 4.91. The first kappa shape index (κ1) is 6.08. The molecular weight excluding hydrogens is 114 g/mol. The van der Waals surface area contributed by atoms with E-state index in [-0.39, 0.29) is 0 Å². The fourth-order valence-electron chi connectivity index (χ4n) is 0.680. The SMILES string of the molecule is CO[n+]1cccc(C)c1. The van der Waals surface area contributed by atoms with Crippen molar-refractivity contribution < 1.29 is 9.57 Å². The summed E-state index contributed by atoms with van der Waals surface area (Å²) >= 11 is 0. The van der Waals surface area contributed by atoms with Crippen LogP contribution in [-0.4, -0.2) is 7.11 Å². The van der Waals surface area contributed by atoms with Gasteiger partial charge in [0, 0.05) is 16.4 Å². The van der Waals surface area contributed by atoms with Gasteiger partial charge in [-0.25, -0.2) is 0 Å². The van der Waals surface area contributed by atoms with Crippen LogP contribution in [0.15, 0.2) is 24.5 Å². The second kappa shape index (κ2) is 2.49. The Hall–Kier alpha value is -1.05. The maximum Gasteiger partial charge on any atom is 0.225 e. The van der Waals surface area contributed by atoms with Crippen molar-refractivity contribution in [3.8, 4) is 0 Å². The lowest BCUT2D eigenvalue weighted by Crippen LogP contribution is -2.39. The van der Waals surface area contributed by atoms with Crippen LogP contribution in [0.1, 0.15) is 5.56 Å². The first-order chi connectivity index (χ1) is 4.33. The van der Waals surface area contributed by atoms with Crippen molar-refractivity contribution in [2.24, 2.45) is 0 Å². The van der Waals surface area contributed by atoms with E-state index in [1.165, 1.54) is 5.56 Å². The quantitative estimate of drug-likeness (QED) is 0.492. The third-order valence-corrected chi connectivity index (χ3v) is 1.13. The molecule has 1 aromatic rings. The van der Waals surface area contributed by atoms with E-state index < -0.39 is 0 Å². The molecule has 1 aromatic heterocycles. The predicted molar refractivity (Wildman–Crippen MR) is 33.9 cm³/mol. The first-order valence-electron chi connectivity index (χ1n) is 2.85. The van der Waals surface area contributed by atoms with Crippen LogP contribution < -0.4 is 9.57 Å². The van der Waals surface area contributed by atoms with E-state index in [0.717, 1.165) is 0 Å². The minimum absolute atomic E-state index is 1.19. The summed E-state index contributed by atoms with van der Waals surface area (Å²) in [5, 5.41) is 0. The van der Waals surface area contributed by atoms with Gasteiger partial charge in [-0.1, -0.05) is 0 Å². The molecule has 0 saturated heterocycles. The van der Waals surface area contributed by atoms with Gasteiger partial charge in [0.15, 0.2) is 0 Å². The highest BCUT2D eigenvalue weighted by molar-refractivity contribution is 5.00. The highest BCUT2D eigenvalue weighted by atomic mass is 16.6. The highest BCUT2D eigenvalue weighted by Crippen LogP contribution is 1.86. The van der Waals surface area contributed by atoms with Gasteiger partial charge in [0.2, 0.25) is 12.4 Å². The van der Waals surface area contributed by atoms with Crippen molar-refractivity contribution >= 4 is 0 Å². The summed E-state index contributed by atoms with van der Waals surface area (Å²) in [5.74, 6) is 0. The standard InChI is InChI=1S/C7H10NO/c1-7-4-3-5-8(6-7)9-2/h3-6H,1-2H3/q+1. The van der Waals surface area contributed by atoms with Crippen molar-refractivity contribution in [3.05, 3.63) is 30.1 Å². The summed E-state index contributed by atoms with van der Waals surface area (Å²) < 4.78 is 1.66. The Labute approximate surface area is 54.7 Å². The van der Waals surface area contributed by atoms with Gasteiger partial charge in [0.25, 0.3) is 0 Å². The molecule has 0 fully saturated rings. The Morgan fingerprint density at radius 3 is 2.78 bits per heavy atom. The molecule has 2 nitrogen and oxygen atoms in total.